The Morgan fingerprint density at radius 2 is 1.85 bits per heavy atom. The molecule has 1 amide bonds. The van der Waals surface area contributed by atoms with Crippen molar-refractivity contribution < 1.29 is 17.9 Å². The number of nitrogens with zero attached hydrogens (tertiary/aromatic N) is 3. The molecule has 1 N–H and O–H groups in total. The van der Waals surface area contributed by atoms with Crippen LogP contribution in [0, 0.1) is 5.92 Å². The summed E-state index contributed by atoms with van der Waals surface area (Å²) in [6.07, 6.45) is 2.91. The summed E-state index contributed by atoms with van der Waals surface area (Å²) < 4.78 is 34.2. The Kier molecular flexibility index (Phi) is 6.99. The van der Waals surface area contributed by atoms with Crippen LogP contribution in [0.5, 0.6) is 5.75 Å². The van der Waals surface area contributed by atoms with Crippen LogP contribution in [0.25, 0.3) is 10.9 Å². The molecule has 34 heavy (non-hydrogen) atoms. The van der Waals surface area contributed by atoms with Crippen molar-refractivity contribution in [1.29, 1.82) is 0 Å². The molecule has 2 heterocycles. The van der Waals surface area contributed by atoms with Crippen LogP contribution in [0.4, 0.5) is 5.69 Å². The first-order valence-corrected chi connectivity index (χ1v) is 12.7. The zero-order valence-electron chi connectivity index (χ0n) is 19.2. The number of amides is 1. The predicted octanol–water partition coefficient (Wildman–Crippen LogP) is 2.85. The highest BCUT2D eigenvalue weighted by Gasteiger charge is 2.28. The zero-order valence-corrected chi connectivity index (χ0v) is 20.0. The fraction of sp³-hybridized carbons (Fsp3) is 0.375. The van der Waals surface area contributed by atoms with Crippen LogP contribution >= 0.6 is 0 Å². The van der Waals surface area contributed by atoms with Crippen molar-refractivity contribution in [3.8, 4) is 5.75 Å². The van der Waals surface area contributed by atoms with Gasteiger partial charge >= 0.3 is 0 Å². The van der Waals surface area contributed by atoms with Gasteiger partial charge in [0, 0.05) is 18.8 Å². The maximum Gasteiger partial charge on any atom is 0.261 e. The first-order chi connectivity index (χ1) is 16.3. The molecule has 9 nitrogen and oxygen atoms in total. The summed E-state index contributed by atoms with van der Waals surface area (Å²) >= 11 is 0. The number of benzene rings is 2. The van der Waals surface area contributed by atoms with E-state index in [0.717, 1.165) is 12.8 Å². The van der Waals surface area contributed by atoms with E-state index in [4.69, 9.17) is 4.74 Å². The predicted molar refractivity (Wildman–Crippen MR) is 129 cm³/mol. The van der Waals surface area contributed by atoms with Crippen molar-refractivity contribution in [3.05, 3.63) is 59.1 Å². The Bertz CT molecular complexity index is 1340. The summed E-state index contributed by atoms with van der Waals surface area (Å²) in [6, 6.07) is 11.3. The van der Waals surface area contributed by atoms with E-state index < -0.39 is 21.5 Å². The maximum absolute atomic E-state index is 13.1. The monoisotopic (exact) mass is 484 g/mol. The number of fused-ring (bicyclic) bond motifs is 1. The Labute approximate surface area is 198 Å². The number of hydrogen-bond donors (Lipinski definition) is 1. The van der Waals surface area contributed by atoms with Crippen LogP contribution in [0.15, 0.2) is 58.5 Å². The van der Waals surface area contributed by atoms with Crippen LogP contribution in [-0.4, -0.2) is 47.9 Å². The molecule has 10 heteroatoms. The molecule has 0 bridgehead atoms. The molecule has 0 radical (unpaired) electrons. The quantitative estimate of drug-likeness (QED) is 0.552. The van der Waals surface area contributed by atoms with Gasteiger partial charge in [-0.15, -0.1) is 0 Å². The number of sulfonamides is 1. The van der Waals surface area contributed by atoms with E-state index in [0.29, 0.717) is 42.6 Å². The smallest absolute Gasteiger partial charge is 0.261 e. The van der Waals surface area contributed by atoms with Crippen LogP contribution in [-0.2, 0) is 21.4 Å². The topological polar surface area (TPSA) is 111 Å². The van der Waals surface area contributed by atoms with Gasteiger partial charge < -0.3 is 10.1 Å². The van der Waals surface area contributed by atoms with Gasteiger partial charge in [-0.3, -0.25) is 14.2 Å². The number of rotatable bonds is 7. The van der Waals surface area contributed by atoms with E-state index in [-0.39, 0.29) is 16.8 Å². The second kappa shape index (κ2) is 9.94. The zero-order chi connectivity index (χ0) is 24.3. The van der Waals surface area contributed by atoms with Gasteiger partial charge in [0.15, 0.2) is 0 Å². The lowest BCUT2D eigenvalue weighted by atomic mass is 10.0. The fourth-order valence-corrected chi connectivity index (χ4v) is 5.44. The van der Waals surface area contributed by atoms with E-state index in [9.17, 15) is 18.0 Å². The lowest BCUT2D eigenvalue weighted by Crippen LogP contribution is -2.38. The molecule has 2 aromatic carbocycles. The highest BCUT2D eigenvalue weighted by Crippen LogP contribution is 2.24. The molecule has 0 aliphatic carbocycles. The standard InChI is InChI=1S/C24H28N4O5S/c1-3-33-19-6-4-18(5-7-19)26-23(29)15-27-16-25-22-9-8-20(14-21(22)24(27)30)34(31,32)28-12-10-17(2)11-13-28/h4-9,14,16-17H,3,10-13,15H2,1-2H3,(H,26,29). The molecule has 1 saturated heterocycles. The van der Waals surface area contributed by atoms with Crippen molar-refractivity contribution in [3.63, 3.8) is 0 Å². The number of nitrogens with one attached hydrogen (secondary N) is 1. The normalized spacial score (nSPS) is 15.4. The first kappa shape index (κ1) is 23.9. The largest absolute Gasteiger partial charge is 0.494 e. The highest BCUT2D eigenvalue weighted by atomic mass is 32.2. The second-order valence-corrected chi connectivity index (χ2v) is 10.4. The molecular formula is C24H28N4O5S. The Hall–Kier alpha value is -3.24. The van der Waals surface area contributed by atoms with Gasteiger partial charge in [0.2, 0.25) is 15.9 Å². The molecule has 180 valence electrons. The van der Waals surface area contributed by atoms with Crippen molar-refractivity contribution in [2.45, 2.75) is 38.1 Å². The van der Waals surface area contributed by atoms with E-state index in [1.54, 1.807) is 24.3 Å². The second-order valence-electron chi connectivity index (χ2n) is 8.45. The number of piperidine rings is 1. The highest BCUT2D eigenvalue weighted by molar-refractivity contribution is 7.89. The van der Waals surface area contributed by atoms with Crippen LogP contribution in [0.1, 0.15) is 26.7 Å². The Morgan fingerprint density at radius 1 is 1.15 bits per heavy atom. The van der Waals surface area contributed by atoms with Gasteiger partial charge in [-0.1, -0.05) is 6.92 Å². The Balaban J connectivity index is 1.54. The van der Waals surface area contributed by atoms with Crippen molar-refractivity contribution in [1.82, 2.24) is 13.9 Å². The third-order valence-electron chi connectivity index (χ3n) is 5.94. The van der Waals surface area contributed by atoms with Gasteiger partial charge in [0.1, 0.15) is 12.3 Å². The summed E-state index contributed by atoms with van der Waals surface area (Å²) in [7, 11) is -3.71. The number of ether oxygens (including phenoxy) is 1. The molecule has 1 aliphatic heterocycles. The SMILES string of the molecule is CCOc1ccc(NC(=O)Cn2cnc3ccc(S(=O)(=O)N4CCC(C)CC4)cc3c2=O)cc1. The lowest BCUT2D eigenvalue weighted by Gasteiger charge is -2.29. The van der Waals surface area contributed by atoms with Gasteiger partial charge in [-0.25, -0.2) is 13.4 Å². The minimum Gasteiger partial charge on any atom is -0.494 e. The molecule has 0 spiro atoms. The van der Waals surface area contributed by atoms with E-state index in [1.165, 1.54) is 33.4 Å². The van der Waals surface area contributed by atoms with Gasteiger partial charge in [-0.05, 0) is 68.1 Å². The number of hydrogen-bond acceptors (Lipinski definition) is 6. The van der Waals surface area contributed by atoms with Crippen LogP contribution in [0.3, 0.4) is 0 Å². The van der Waals surface area contributed by atoms with E-state index in [1.807, 2.05) is 6.92 Å². The average molecular weight is 485 g/mol. The third kappa shape index (κ3) is 5.13. The molecule has 1 aliphatic rings. The molecule has 4 rings (SSSR count). The van der Waals surface area contributed by atoms with Gasteiger partial charge in [-0.2, -0.15) is 4.31 Å². The van der Waals surface area contributed by atoms with Crippen LogP contribution in [0.2, 0.25) is 0 Å². The van der Waals surface area contributed by atoms with E-state index >= 15 is 0 Å². The van der Waals surface area contributed by atoms with Crippen molar-refractivity contribution >= 4 is 32.5 Å². The van der Waals surface area contributed by atoms with Crippen molar-refractivity contribution in [2.75, 3.05) is 25.0 Å². The molecule has 0 atom stereocenters. The minimum atomic E-state index is -3.71. The summed E-state index contributed by atoms with van der Waals surface area (Å²) in [4.78, 5) is 29.9. The molecule has 0 unspecified atom stereocenters. The summed E-state index contributed by atoms with van der Waals surface area (Å²) in [5, 5.41) is 2.89. The molecule has 0 saturated carbocycles. The van der Waals surface area contributed by atoms with Crippen molar-refractivity contribution in [2.24, 2.45) is 5.92 Å². The lowest BCUT2D eigenvalue weighted by molar-refractivity contribution is -0.116. The molecule has 1 aromatic heterocycles. The average Bonchev–Trinajstić information content (AvgIpc) is 2.82. The van der Waals surface area contributed by atoms with Gasteiger partial charge in [0.25, 0.3) is 5.56 Å². The van der Waals surface area contributed by atoms with Crippen LogP contribution < -0.4 is 15.6 Å². The number of aromatic nitrogens is 2. The van der Waals surface area contributed by atoms with E-state index in [2.05, 4.69) is 17.2 Å². The number of carbonyl (C=O) groups is 1. The molecule has 1 fully saturated rings. The Morgan fingerprint density at radius 3 is 2.53 bits per heavy atom. The van der Waals surface area contributed by atoms with Gasteiger partial charge in [0.05, 0.1) is 28.7 Å². The fourth-order valence-electron chi connectivity index (χ4n) is 3.94. The number of carbonyl (C=O) groups excluding carboxylic acids is 1. The maximum atomic E-state index is 13.1. The summed E-state index contributed by atoms with van der Waals surface area (Å²) in [6.45, 7) is 5.21. The third-order valence-corrected chi connectivity index (χ3v) is 7.83. The minimum absolute atomic E-state index is 0.0602. The first-order valence-electron chi connectivity index (χ1n) is 11.3. The summed E-state index contributed by atoms with van der Waals surface area (Å²) in [5.41, 5.74) is 0.468. The molecular weight excluding hydrogens is 456 g/mol. The summed E-state index contributed by atoms with van der Waals surface area (Å²) in [5.74, 6) is 0.784. The number of anilines is 1. The molecule has 3 aromatic rings.